The zero-order valence-electron chi connectivity index (χ0n) is 11.0. The van der Waals surface area contributed by atoms with Gasteiger partial charge in [0.15, 0.2) is 0 Å². The highest BCUT2D eigenvalue weighted by Gasteiger charge is 2.04. The maximum atomic E-state index is 11.0. The van der Waals surface area contributed by atoms with Gasteiger partial charge in [0.05, 0.1) is 4.90 Å². The minimum atomic E-state index is -0.276. The van der Waals surface area contributed by atoms with Crippen LogP contribution in [0.25, 0.3) is 0 Å². The van der Waals surface area contributed by atoms with Crippen LogP contribution in [0.5, 0.6) is 5.75 Å². The van der Waals surface area contributed by atoms with Gasteiger partial charge < -0.3 is 4.74 Å². The minimum Gasteiger partial charge on any atom is -0.426 e. The first-order valence-electron chi connectivity index (χ1n) is 6.29. The van der Waals surface area contributed by atoms with E-state index in [4.69, 9.17) is 4.74 Å². The van der Waals surface area contributed by atoms with Crippen LogP contribution in [0.4, 0.5) is 0 Å². The van der Waals surface area contributed by atoms with Gasteiger partial charge >= 0.3 is 5.97 Å². The number of benzene rings is 1. The summed E-state index contributed by atoms with van der Waals surface area (Å²) < 4.78 is 5.16. The summed E-state index contributed by atoms with van der Waals surface area (Å²) in [7, 11) is 0. The maximum absolute atomic E-state index is 11.0. The summed E-state index contributed by atoms with van der Waals surface area (Å²) in [5.74, 6) is 1.28. The standard InChI is InChI=1S/C15H20O2S/c1-3-4-5-6-9-12-18-15-11-8-7-10-14(15)17-13(2)16/h6-11H,3-5,12H2,1-2H3. The van der Waals surface area contributed by atoms with Gasteiger partial charge in [0.2, 0.25) is 0 Å². The summed E-state index contributed by atoms with van der Waals surface area (Å²) in [6.45, 7) is 3.62. The van der Waals surface area contributed by atoms with E-state index in [1.165, 1.54) is 19.8 Å². The third kappa shape index (κ3) is 5.92. The van der Waals surface area contributed by atoms with E-state index in [0.717, 1.165) is 17.1 Å². The summed E-state index contributed by atoms with van der Waals surface area (Å²) >= 11 is 1.68. The van der Waals surface area contributed by atoms with E-state index in [1.807, 2.05) is 24.3 Å². The lowest BCUT2D eigenvalue weighted by Gasteiger charge is -2.06. The highest BCUT2D eigenvalue weighted by Crippen LogP contribution is 2.29. The molecule has 0 N–H and O–H groups in total. The van der Waals surface area contributed by atoms with Crippen LogP contribution >= 0.6 is 11.8 Å². The molecule has 1 aromatic carbocycles. The Labute approximate surface area is 113 Å². The molecule has 0 unspecified atom stereocenters. The van der Waals surface area contributed by atoms with E-state index >= 15 is 0 Å². The van der Waals surface area contributed by atoms with Crippen LogP contribution < -0.4 is 4.74 Å². The molecule has 1 rings (SSSR count). The first-order valence-corrected chi connectivity index (χ1v) is 7.28. The van der Waals surface area contributed by atoms with Gasteiger partial charge in [0.25, 0.3) is 0 Å². The monoisotopic (exact) mass is 264 g/mol. The molecule has 3 heteroatoms. The van der Waals surface area contributed by atoms with E-state index in [9.17, 15) is 4.79 Å². The number of carbonyl (C=O) groups is 1. The Morgan fingerprint density at radius 2 is 2.11 bits per heavy atom. The van der Waals surface area contributed by atoms with Gasteiger partial charge in [-0.15, -0.1) is 11.8 Å². The second-order valence-electron chi connectivity index (χ2n) is 3.97. The van der Waals surface area contributed by atoms with Gasteiger partial charge in [0.1, 0.15) is 5.75 Å². The fraction of sp³-hybridized carbons (Fsp3) is 0.400. The molecule has 0 aromatic heterocycles. The molecule has 18 heavy (non-hydrogen) atoms. The largest absolute Gasteiger partial charge is 0.426 e. The van der Waals surface area contributed by atoms with Crippen molar-refractivity contribution in [3.05, 3.63) is 36.4 Å². The Hall–Kier alpha value is -1.22. The van der Waals surface area contributed by atoms with Crippen molar-refractivity contribution in [1.29, 1.82) is 0 Å². The van der Waals surface area contributed by atoms with Crippen molar-refractivity contribution in [2.45, 2.75) is 38.0 Å². The predicted molar refractivity (Wildman–Crippen MR) is 77.1 cm³/mol. The number of hydrogen-bond donors (Lipinski definition) is 0. The lowest BCUT2D eigenvalue weighted by molar-refractivity contribution is -0.132. The van der Waals surface area contributed by atoms with Crippen molar-refractivity contribution in [2.24, 2.45) is 0 Å². The Morgan fingerprint density at radius 1 is 1.33 bits per heavy atom. The van der Waals surface area contributed by atoms with Gasteiger partial charge in [-0.05, 0) is 18.6 Å². The molecular formula is C15H20O2S. The molecule has 0 saturated carbocycles. The fourth-order valence-corrected chi connectivity index (χ4v) is 2.29. The van der Waals surface area contributed by atoms with Crippen molar-refractivity contribution in [2.75, 3.05) is 5.75 Å². The van der Waals surface area contributed by atoms with Crippen molar-refractivity contribution < 1.29 is 9.53 Å². The summed E-state index contributed by atoms with van der Waals surface area (Å²) in [6.07, 6.45) is 8.00. The molecule has 0 aliphatic rings. The van der Waals surface area contributed by atoms with Crippen LogP contribution in [0.2, 0.25) is 0 Å². The molecule has 0 aliphatic carbocycles. The third-order valence-electron chi connectivity index (χ3n) is 2.33. The zero-order chi connectivity index (χ0) is 13.2. The number of carbonyl (C=O) groups excluding carboxylic acids is 1. The van der Waals surface area contributed by atoms with Crippen LogP contribution in [0.15, 0.2) is 41.3 Å². The molecule has 0 spiro atoms. The number of thioether (sulfide) groups is 1. The zero-order valence-corrected chi connectivity index (χ0v) is 11.8. The number of allylic oxidation sites excluding steroid dienone is 1. The molecule has 98 valence electrons. The molecule has 1 aromatic rings. The average molecular weight is 264 g/mol. The highest BCUT2D eigenvalue weighted by atomic mass is 32.2. The van der Waals surface area contributed by atoms with Gasteiger partial charge in [-0.1, -0.05) is 44.1 Å². The Bertz CT molecular complexity index is 399. The molecule has 0 saturated heterocycles. The van der Waals surface area contributed by atoms with Crippen molar-refractivity contribution in [3.63, 3.8) is 0 Å². The summed E-state index contributed by atoms with van der Waals surface area (Å²) in [5, 5.41) is 0. The van der Waals surface area contributed by atoms with Crippen LogP contribution in [-0.2, 0) is 4.79 Å². The molecular weight excluding hydrogens is 244 g/mol. The highest BCUT2D eigenvalue weighted by molar-refractivity contribution is 7.99. The van der Waals surface area contributed by atoms with Gasteiger partial charge in [0, 0.05) is 12.7 Å². The maximum Gasteiger partial charge on any atom is 0.308 e. The molecule has 0 heterocycles. The van der Waals surface area contributed by atoms with Crippen molar-refractivity contribution in [1.82, 2.24) is 0 Å². The summed E-state index contributed by atoms with van der Waals surface area (Å²) in [5.41, 5.74) is 0. The van der Waals surface area contributed by atoms with E-state index in [2.05, 4.69) is 19.1 Å². The van der Waals surface area contributed by atoms with Crippen LogP contribution in [0.3, 0.4) is 0 Å². The van der Waals surface area contributed by atoms with Crippen LogP contribution in [0.1, 0.15) is 33.1 Å². The van der Waals surface area contributed by atoms with Crippen molar-refractivity contribution >= 4 is 17.7 Å². The SMILES string of the molecule is CCCCC=CCSc1ccccc1OC(C)=O. The molecule has 0 bridgehead atoms. The predicted octanol–water partition coefficient (Wildman–Crippen LogP) is 4.45. The summed E-state index contributed by atoms with van der Waals surface area (Å²) in [4.78, 5) is 12.0. The first kappa shape index (κ1) is 14.8. The normalized spacial score (nSPS) is 10.8. The first-order chi connectivity index (χ1) is 8.74. The van der Waals surface area contributed by atoms with E-state index in [-0.39, 0.29) is 5.97 Å². The van der Waals surface area contributed by atoms with Crippen molar-refractivity contribution in [3.8, 4) is 5.75 Å². The Balaban J connectivity index is 2.46. The van der Waals surface area contributed by atoms with Gasteiger partial charge in [-0.25, -0.2) is 0 Å². The van der Waals surface area contributed by atoms with Gasteiger partial charge in [-0.2, -0.15) is 0 Å². The molecule has 0 radical (unpaired) electrons. The number of para-hydroxylation sites is 1. The number of esters is 1. The van der Waals surface area contributed by atoms with E-state index in [1.54, 1.807) is 11.8 Å². The molecule has 0 fully saturated rings. The third-order valence-corrected chi connectivity index (χ3v) is 3.34. The molecule has 0 atom stereocenters. The van der Waals surface area contributed by atoms with Gasteiger partial charge in [-0.3, -0.25) is 4.79 Å². The Morgan fingerprint density at radius 3 is 2.83 bits per heavy atom. The number of unbranched alkanes of at least 4 members (excludes halogenated alkanes) is 2. The molecule has 0 aliphatic heterocycles. The van der Waals surface area contributed by atoms with Crippen LogP contribution in [0, 0.1) is 0 Å². The average Bonchev–Trinajstić information content (AvgIpc) is 2.35. The second-order valence-corrected chi connectivity index (χ2v) is 5.03. The number of rotatable bonds is 7. The quantitative estimate of drug-likeness (QED) is 0.239. The lowest BCUT2D eigenvalue weighted by atomic mass is 10.2. The molecule has 2 nitrogen and oxygen atoms in total. The van der Waals surface area contributed by atoms with Crippen LogP contribution in [-0.4, -0.2) is 11.7 Å². The minimum absolute atomic E-state index is 0.276. The summed E-state index contributed by atoms with van der Waals surface area (Å²) in [6, 6.07) is 7.63. The topological polar surface area (TPSA) is 26.3 Å². The molecule has 0 amide bonds. The number of ether oxygens (including phenoxy) is 1. The lowest BCUT2D eigenvalue weighted by Crippen LogP contribution is -2.02. The van der Waals surface area contributed by atoms with E-state index < -0.39 is 0 Å². The van der Waals surface area contributed by atoms with E-state index in [0.29, 0.717) is 5.75 Å². The fourth-order valence-electron chi connectivity index (χ4n) is 1.45. The number of hydrogen-bond acceptors (Lipinski definition) is 3. The Kier molecular flexibility index (Phi) is 7.26. The smallest absolute Gasteiger partial charge is 0.308 e. The second kappa shape index (κ2) is 8.81.